The van der Waals surface area contributed by atoms with E-state index in [1.54, 1.807) is 49.4 Å². The summed E-state index contributed by atoms with van der Waals surface area (Å²) in [5.41, 5.74) is 1.17. The van der Waals surface area contributed by atoms with Crippen LogP contribution in [0.1, 0.15) is 26.4 Å². The molecule has 2 aromatic carbocycles. The van der Waals surface area contributed by atoms with Crippen molar-refractivity contribution in [3.63, 3.8) is 0 Å². The number of aryl methyl sites for hydroxylation is 1. The third kappa shape index (κ3) is 3.89. The summed E-state index contributed by atoms with van der Waals surface area (Å²) in [5, 5.41) is 4.97. The van der Waals surface area contributed by atoms with Crippen molar-refractivity contribution in [2.45, 2.75) is 6.92 Å². The Bertz CT molecular complexity index is 922. The number of nitrogens with zero attached hydrogens (tertiary/aromatic N) is 1. The van der Waals surface area contributed by atoms with E-state index in [4.69, 9.17) is 4.42 Å². The molecule has 7 heteroatoms. The van der Waals surface area contributed by atoms with Gasteiger partial charge in [-0.15, -0.1) is 0 Å². The zero-order chi connectivity index (χ0) is 17.8. The van der Waals surface area contributed by atoms with Crippen molar-refractivity contribution < 1.29 is 18.4 Å². The van der Waals surface area contributed by atoms with Gasteiger partial charge in [0.25, 0.3) is 11.8 Å². The highest BCUT2D eigenvalue weighted by molar-refractivity contribution is 6.05. The minimum atomic E-state index is -0.577. The molecule has 0 aliphatic heterocycles. The maximum absolute atomic E-state index is 13.5. The number of rotatable bonds is 4. The van der Waals surface area contributed by atoms with Crippen LogP contribution in [0.5, 0.6) is 0 Å². The number of amides is 2. The summed E-state index contributed by atoms with van der Waals surface area (Å²) in [6.07, 6.45) is 1.11. The molecular weight excluding hydrogens is 325 g/mol. The largest absolute Gasteiger partial charge is 0.431 e. The molecule has 0 bridgehead atoms. The molecule has 2 N–H and O–H groups in total. The average molecular weight is 339 g/mol. The van der Waals surface area contributed by atoms with Gasteiger partial charge >= 0.3 is 6.01 Å². The number of hydrogen-bond acceptors (Lipinski definition) is 4. The third-order valence-electron chi connectivity index (χ3n) is 3.42. The standard InChI is InChI=1S/C18H14FN3O3/c1-11-7-8-13(9-14(11)19)20-17(24)15-10-25-18(21-15)22-16(23)12-5-3-2-4-6-12/h2-10H,1H3,(H,20,24)(H,21,22,23). The molecule has 0 aliphatic carbocycles. The molecule has 0 saturated carbocycles. The van der Waals surface area contributed by atoms with Crippen molar-refractivity contribution in [1.29, 1.82) is 0 Å². The van der Waals surface area contributed by atoms with Crippen LogP contribution >= 0.6 is 0 Å². The molecule has 6 nitrogen and oxygen atoms in total. The third-order valence-corrected chi connectivity index (χ3v) is 3.42. The van der Waals surface area contributed by atoms with Crippen LogP contribution in [0.25, 0.3) is 0 Å². The molecular formula is C18H14FN3O3. The Balaban J connectivity index is 1.67. The fourth-order valence-corrected chi connectivity index (χ4v) is 2.06. The summed E-state index contributed by atoms with van der Waals surface area (Å²) in [5.74, 6) is -1.41. The molecule has 126 valence electrons. The lowest BCUT2D eigenvalue weighted by Gasteiger charge is -2.04. The van der Waals surface area contributed by atoms with E-state index >= 15 is 0 Å². The Morgan fingerprint density at radius 1 is 1.04 bits per heavy atom. The van der Waals surface area contributed by atoms with Crippen molar-refractivity contribution in [1.82, 2.24) is 4.98 Å². The van der Waals surface area contributed by atoms with E-state index in [1.165, 1.54) is 6.07 Å². The fraction of sp³-hybridized carbons (Fsp3) is 0.0556. The molecule has 1 heterocycles. The predicted octanol–water partition coefficient (Wildman–Crippen LogP) is 3.63. The number of halogens is 1. The van der Waals surface area contributed by atoms with E-state index in [-0.39, 0.29) is 11.7 Å². The van der Waals surface area contributed by atoms with Gasteiger partial charge in [-0.1, -0.05) is 24.3 Å². The van der Waals surface area contributed by atoms with Crippen LogP contribution in [0.15, 0.2) is 59.2 Å². The van der Waals surface area contributed by atoms with Crippen LogP contribution in [0.3, 0.4) is 0 Å². The molecule has 1 aromatic heterocycles. The molecule has 0 spiro atoms. The zero-order valence-corrected chi connectivity index (χ0v) is 13.2. The second-order valence-electron chi connectivity index (χ2n) is 5.28. The Morgan fingerprint density at radius 3 is 2.52 bits per heavy atom. The van der Waals surface area contributed by atoms with Crippen molar-refractivity contribution in [3.05, 3.63) is 77.4 Å². The first-order chi connectivity index (χ1) is 12.0. The minimum absolute atomic E-state index is 0.0376. The van der Waals surface area contributed by atoms with E-state index in [9.17, 15) is 14.0 Å². The maximum atomic E-state index is 13.5. The quantitative estimate of drug-likeness (QED) is 0.760. The van der Waals surface area contributed by atoms with E-state index in [1.807, 2.05) is 0 Å². The van der Waals surface area contributed by atoms with Gasteiger partial charge in [-0.3, -0.25) is 14.9 Å². The Morgan fingerprint density at radius 2 is 1.80 bits per heavy atom. The summed E-state index contributed by atoms with van der Waals surface area (Å²) in [6.45, 7) is 1.63. The summed E-state index contributed by atoms with van der Waals surface area (Å²) < 4.78 is 18.6. The Kier molecular flexibility index (Phi) is 4.56. The Labute approximate surface area is 142 Å². The van der Waals surface area contributed by atoms with Crippen molar-refractivity contribution in [3.8, 4) is 0 Å². The van der Waals surface area contributed by atoms with Crippen LogP contribution in [-0.4, -0.2) is 16.8 Å². The molecule has 0 fully saturated rings. The highest BCUT2D eigenvalue weighted by Crippen LogP contribution is 2.16. The lowest BCUT2D eigenvalue weighted by Crippen LogP contribution is -2.14. The van der Waals surface area contributed by atoms with Gasteiger partial charge in [0.05, 0.1) is 0 Å². The second kappa shape index (κ2) is 6.96. The molecule has 0 unspecified atom stereocenters. The normalized spacial score (nSPS) is 10.3. The summed E-state index contributed by atoms with van der Waals surface area (Å²) >= 11 is 0. The molecule has 2 amide bonds. The van der Waals surface area contributed by atoms with E-state index in [2.05, 4.69) is 15.6 Å². The zero-order valence-electron chi connectivity index (χ0n) is 13.2. The van der Waals surface area contributed by atoms with E-state index < -0.39 is 17.6 Å². The molecule has 25 heavy (non-hydrogen) atoms. The summed E-state index contributed by atoms with van der Waals surface area (Å²) in [7, 11) is 0. The van der Waals surface area contributed by atoms with Gasteiger partial charge in [-0.25, -0.2) is 4.39 Å². The number of hydrogen-bond donors (Lipinski definition) is 2. The second-order valence-corrected chi connectivity index (χ2v) is 5.28. The molecule has 3 aromatic rings. The molecule has 0 atom stereocenters. The van der Waals surface area contributed by atoms with Gasteiger partial charge in [0.2, 0.25) is 0 Å². The summed E-state index contributed by atoms with van der Waals surface area (Å²) in [4.78, 5) is 28.0. The average Bonchev–Trinajstić information content (AvgIpc) is 3.07. The number of carbonyl (C=O) groups is 2. The van der Waals surface area contributed by atoms with Gasteiger partial charge < -0.3 is 9.73 Å². The SMILES string of the molecule is Cc1ccc(NC(=O)c2coc(NC(=O)c3ccccc3)n2)cc1F. The molecule has 0 aliphatic rings. The van der Waals surface area contributed by atoms with E-state index in [0.29, 0.717) is 16.8 Å². The smallest absolute Gasteiger partial charge is 0.302 e. The van der Waals surface area contributed by atoms with Gasteiger partial charge in [-0.2, -0.15) is 4.98 Å². The number of oxazole rings is 1. The topological polar surface area (TPSA) is 84.2 Å². The first kappa shape index (κ1) is 16.4. The van der Waals surface area contributed by atoms with Gasteiger partial charge in [0.1, 0.15) is 12.1 Å². The first-order valence-electron chi connectivity index (χ1n) is 7.42. The lowest BCUT2D eigenvalue weighted by molar-refractivity contribution is 0.101. The fourth-order valence-electron chi connectivity index (χ4n) is 2.06. The van der Waals surface area contributed by atoms with Crippen LogP contribution in [0.2, 0.25) is 0 Å². The number of nitrogens with one attached hydrogen (secondary N) is 2. The molecule has 0 radical (unpaired) electrons. The van der Waals surface area contributed by atoms with Crippen LogP contribution in [0.4, 0.5) is 16.1 Å². The van der Waals surface area contributed by atoms with Crippen molar-refractivity contribution in [2.24, 2.45) is 0 Å². The highest BCUT2D eigenvalue weighted by Gasteiger charge is 2.15. The monoisotopic (exact) mass is 339 g/mol. The van der Waals surface area contributed by atoms with Crippen molar-refractivity contribution in [2.75, 3.05) is 10.6 Å². The van der Waals surface area contributed by atoms with Crippen LogP contribution in [0, 0.1) is 12.7 Å². The van der Waals surface area contributed by atoms with Crippen LogP contribution < -0.4 is 10.6 Å². The predicted molar refractivity (Wildman–Crippen MR) is 90.0 cm³/mol. The van der Waals surface area contributed by atoms with Gasteiger partial charge in [0.15, 0.2) is 5.69 Å². The molecule has 3 rings (SSSR count). The number of aromatic nitrogens is 1. The minimum Gasteiger partial charge on any atom is -0.431 e. The van der Waals surface area contributed by atoms with Gasteiger partial charge in [0, 0.05) is 11.3 Å². The summed E-state index contributed by atoms with van der Waals surface area (Å²) in [6, 6.07) is 12.8. The number of carbonyl (C=O) groups excluding carboxylic acids is 2. The number of benzene rings is 2. The lowest BCUT2D eigenvalue weighted by atomic mass is 10.2. The molecule has 0 saturated heterocycles. The Hall–Kier alpha value is -3.48. The van der Waals surface area contributed by atoms with Crippen LogP contribution in [-0.2, 0) is 0 Å². The highest BCUT2D eigenvalue weighted by atomic mass is 19.1. The maximum Gasteiger partial charge on any atom is 0.302 e. The van der Waals surface area contributed by atoms with E-state index in [0.717, 1.165) is 6.26 Å². The van der Waals surface area contributed by atoms with Crippen molar-refractivity contribution >= 4 is 23.5 Å². The van der Waals surface area contributed by atoms with Gasteiger partial charge in [-0.05, 0) is 36.8 Å². The first-order valence-corrected chi connectivity index (χ1v) is 7.42. The number of anilines is 2.